The molecule has 2 aliphatic rings. The Morgan fingerprint density at radius 1 is 1.17 bits per heavy atom. The Hall–Kier alpha value is -2.04. The summed E-state index contributed by atoms with van der Waals surface area (Å²) >= 11 is 0. The lowest BCUT2D eigenvalue weighted by atomic mass is 9.78. The van der Waals surface area contributed by atoms with Crippen molar-refractivity contribution in [2.24, 2.45) is 5.92 Å². The lowest BCUT2D eigenvalue weighted by Crippen LogP contribution is -2.50. The zero-order chi connectivity index (χ0) is 16.9. The summed E-state index contributed by atoms with van der Waals surface area (Å²) in [5.41, 5.74) is 1.17. The summed E-state index contributed by atoms with van der Waals surface area (Å²) in [4.78, 5) is 26.8. The van der Waals surface area contributed by atoms with Crippen molar-refractivity contribution in [1.82, 2.24) is 4.90 Å². The van der Waals surface area contributed by atoms with E-state index in [-0.39, 0.29) is 12.5 Å². The van der Waals surface area contributed by atoms with Gasteiger partial charge in [0.15, 0.2) is 6.61 Å². The van der Waals surface area contributed by atoms with Gasteiger partial charge in [0.05, 0.1) is 5.56 Å². The van der Waals surface area contributed by atoms with Crippen molar-refractivity contribution in [3.8, 4) is 0 Å². The van der Waals surface area contributed by atoms with Crippen molar-refractivity contribution in [1.29, 1.82) is 0 Å². The van der Waals surface area contributed by atoms with Crippen LogP contribution in [0.3, 0.4) is 0 Å². The van der Waals surface area contributed by atoms with Gasteiger partial charge in [0.25, 0.3) is 5.91 Å². The van der Waals surface area contributed by atoms with Crippen LogP contribution in [0.15, 0.2) is 24.3 Å². The molecule has 130 valence electrons. The summed E-state index contributed by atoms with van der Waals surface area (Å²) in [5, 5.41) is 2.97. The summed E-state index contributed by atoms with van der Waals surface area (Å²) < 4.78 is 5.30. The number of fused-ring (bicyclic) bond motifs is 1. The van der Waals surface area contributed by atoms with Crippen LogP contribution >= 0.6 is 0 Å². The van der Waals surface area contributed by atoms with Gasteiger partial charge < -0.3 is 15.0 Å². The van der Waals surface area contributed by atoms with Crippen LogP contribution in [0.25, 0.3) is 0 Å². The van der Waals surface area contributed by atoms with Crippen molar-refractivity contribution < 1.29 is 14.3 Å². The highest BCUT2D eigenvalue weighted by Crippen LogP contribution is 2.35. The molecule has 1 saturated heterocycles. The molecule has 0 unspecified atom stereocenters. The Morgan fingerprint density at radius 3 is 2.75 bits per heavy atom. The van der Waals surface area contributed by atoms with E-state index in [1.807, 2.05) is 17.0 Å². The molecule has 1 N–H and O–H groups in total. The van der Waals surface area contributed by atoms with Crippen molar-refractivity contribution in [2.75, 3.05) is 25.5 Å². The fourth-order valence-electron chi connectivity index (χ4n) is 4.10. The lowest BCUT2D eigenvalue weighted by Gasteiger charge is -2.44. The normalized spacial score (nSPS) is 23.3. The molecule has 1 saturated carbocycles. The molecule has 3 rings (SSSR count). The molecule has 1 amide bonds. The summed E-state index contributed by atoms with van der Waals surface area (Å²) in [7, 11) is 1.76. The summed E-state index contributed by atoms with van der Waals surface area (Å²) in [5.74, 6) is 0.129. The molecule has 0 radical (unpaired) electrons. The number of benzene rings is 1. The molecular formula is C19H26N2O3. The van der Waals surface area contributed by atoms with Crippen molar-refractivity contribution in [3.63, 3.8) is 0 Å². The number of hydrogen-bond acceptors (Lipinski definition) is 4. The highest BCUT2D eigenvalue weighted by Gasteiger charge is 2.35. The third-order valence-corrected chi connectivity index (χ3v) is 5.31. The second kappa shape index (κ2) is 7.69. The van der Waals surface area contributed by atoms with Gasteiger partial charge in [0, 0.05) is 25.3 Å². The molecule has 24 heavy (non-hydrogen) atoms. The van der Waals surface area contributed by atoms with Crippen molar-refractivity contribution in [2.45, 2.75) is 44.6 Å². The van der Waals surface area contributed by atoms with Gasteiger partial charge in [-0.15, -0.1) is 0 Å². The number of piperidine rings is 1. The third-order valence-electron chi connectivity index (χ3n) is 5.31. The minimum absolute atomic E-state index is 0.0538. The van der Waals surface area contributed by atoms with E-state index >= 15 is 0 Å². The van der Waals surface area contributed by atoms with Crippen LogP contribution in [0, 0.1) is 5.92 Å². The van der Waals surface area contributed by atoms with Crippen LogP contribution in [0.2, 0.25) is 0 Å². The number of carbonyl (C=O) groups is 2. The average molecular weight is 330 g/mol. The van der Waals surface area contributed by atoms with Gasteiger partial charge in [-0.05, 0) is 43.7 Å². The van der Waals surface area contributed by atoms with Gasteiger partial charge in [-0.3, -0.25) is 4.79 Å². The number of carbonyl (C=O) groups excluding carboxylic acids is 2. The average Bonchev–Trinajstić information content (AvgIpc) is 2.65. The molecule has 0 bridgehead atoms. The minimum Gasteiger partial charge on any atom is -0.452 e. The Balaban J connectivity index is 1.59. The molecule has 2 atom stereocenters. The highest BCUT2D eigenvalue weighted by atomic mass is 16.5. The first-order valence-corrected chi connectivity index (χ1v) is 8.94. The largest absolute Gasteiger partial charge is 0.452 e. The second-order valence-corrected chi connectivity index (χ2v) is 6.71. The molecule has 1 aliphatic carbocycles. The van der Waals surface area contributed by atoms with E-state index in [0.29, 0.717) is 23.2 Å². The van der Waals surface area contributed by atoms with Crippen LogP contribution in [-0.2, 0) is 9.53 Å². The van der Waals surface area contributed by atoms with Crippen molar-refractivity contribution >= 4 is 17.6 Å². The molecule has 5 nitrogen and oxygen atoms in total. The number of esters is 1. The molecule has 1 aromatic rings. The number of amides is 1. The number of para-hydroxylation sites is 1. The van der Waals surface area contributed by atoms with Crippen LogP contribution in [0.5, 0.6) is 0 Å². The van der Waals surface area contributed by atoms with E-state index < -0.39 is 5.97 Å². The van der Waals surface area contributed by atoms with Gasteiger partial charge in [0.1, 0.15) is 0 Å². The van der Waals surface area contributed by atoms with Gasteiger partial charge in [-0.2, -0.15) is 0 Å². The fraction of sp³-hybridized carbons (Fsp3) is 0.579. The molecule has 0 aromatic heterocycles. The predicted molar refractivity (Wildman–Crippen MR) is 93.0 cm³/mol. The standard InChI is InChI=1S/C19H26N2O3/c1-20-16-10-4-3-9-15(16)19(23)24-13-18(22)21-12-6-8-14-7-2-5-11-17(14)21/h3-4,9-10,14,17,20H,2,5-8,11-13H2,1H3/t14-,17-/m0/s1. The fourth-order valence-corrected chi connectivity index (χ4v) is 4.10. The molecule has 1 aliphatic heterocycles. The summed E-state index contributed by atoms with van der Waals surface area (Å²) in [6, 6.07) is 7.51. The Kier molecular flexibility index (Phi) is 5.38. The third kappa shape index (κ3) is 3.55. The van der Waals surface area contributed by atoms with E-state index in [1.165, 1.54) is 25.7 Å². The summed E-state index contributed by atoms with van der Waals surface area (Å²) in [6.45, 7) is 0.630. The monoisotopic (exact) mass is 330 g/mol. The van der Waals surface area contributed by atoms with Crippen LogP contribution in [0.1, 0.15) is 48.9 Å². The number of nitrogens with zero attached hydrogens (tertiary/aromatic N) is 1. The van der Waals surface area contributed by atoms with E-state index in [2.05, 4.69) is 5.32 Å². The van der Waals surface area contributed by atoms with E-state index in [1.54, 1.807) is 19.2 Å². The lowest BCUT2D eigenvalue weighted by molar-refractivity contribution is -0.140. The Morgan fingerprint density at radius 2 is 1.92 bits per heavy atom. The maximum absolute atomic E-state index is 12.6. The molecule has 2 fully saturated rings. The first kappa shape index (κ1) is 16.8. The van der Waals surface area contributed by atoms with Crippen LogP contribution in [0.4, 0.5) is 5.69 Å². The molecule has 5 heteroatoms. The van der Waals surface area contributed by atoms with Gasteiger partial charge >= 0.3 is 5.97 Å². The Labute approximate surface area is 143 Å². The van der Waals surface area contributed by atoms with E-state index in [9.17, 15) is 9.59 Å². The summed E-state index contributed by atoms with van der Waals surface area (Å²) in [6.07, 6.45) is 7.07. The topological polar surface area (TPSA) is 58.6 Å². The number of likely N-dealkylation sites (tertiary alicyclic amines) is 1. The van der Waals surface area contributed by atoms with Gasteiger partial charge in [-0.25, -0.2) is 4.79 Å². The van der Waals surface area contributed by atoms with Crippen LogP contribution < -0.4 is 5.32 Å². The van der Waals surface area contributed by atoms with Gasteiger partial charge in [-0.1, -0.05) is 25.0 Å². The zero-order valence-corrected chi connectivity index (χ0v) is 14.3. The van der Waals surface area contributed by atoms with E-state index in [0.717, 1.165) is 19.4 Å². The first-order valence-electron chi connectivity index (χ1n) is 8.94. The predicted octanol–water partition coefficient (Wildman–Crippen LogP) is 3.07. The van der Waals surface area contributed by atoms with E-state index in [4.69, 9.17) is 4.74 Å². The maximum atomic E-state index is 12.6. The quantitative estimate of drug-likeness (QED) is 0.862. The minimum atomic E-state index is -0.453. The zero-order valence-electron chi connectivity index (χ0n) is 14.3. The maximum Gasteiger partial charge on any atom is 0.340 e. The van der Waals surface area contributed by atoms with Crippen molar-refractivity contribution in [3.05, 3.63) is 29.8 Å². The second-order valence-electron chi connectivity index (χ2n) is 6.71. The number of rotatable bonds is 4. The molecule has 1 heterocycles. The number of anilines is 1. The smallest absolute Gasteiger partial charge is 0.340 e. The molecular weight excluding hydrogens is 304 g/mol. The van der Waals surface area contributed by atoms with Crippen LogP contribution in [-0.4, -0.2) is 43.0 Å². The molecule has 1 aromatic carbocycles. The van der Waals surface area contributed by atoms with Gasteiger partial charge in [0.2, 0.25) is 0 Å². The number of ether oxygens (including phenoxy) is 1. The SMILES string of the molecule is CNc1ccccc1C(=O)OCC(=O)N1CCC[C@@H]2CCCC[C@@H]21. The first-order chi connectivity index (χ1) is 11.7. The highest BCUT2D eigenvalue weighted by molar-refractivity contribution is 5.96. The Bertz CT molecular complexity index is 600. The number of nitrogens with one attached hydrogen (secondary N) is 1. The molecule has 0 spiro atoms. The number of hydrogen-bond donors (Lipinski definition) is 1.